The Morgan fingerprint density at radius 2 is 2.22 bits per heavy atom. The molecule has 0 bridgehead atoms. The fourth-order valence-corrected chi connectivity index (χ4v) is 1.68. The van der Waals surface area contributed by atoms with Crippen molar-refractivity contribution in [1.82, 2.24) is 0 Å². The van der Waals surface area contributed by atoms with E-state index in [2.05, 4.69) is 12.2 Å². The first-order chi connectivity index (χ1) is 8.45. The predicted molar refractivity (Wildman–Crippen MR) is 65.4 cm³/mol. The van der Waals surface area contributed by atoms with Crippen molar-refractivity contribution >= 4 is 11.4 Å². The molecule has 1 aliphatic rings. The third-order valence-electron chi connectivity index (χ3n) is 3.27. The van der Waals surface area contributed by atoms with Crippen LogP contribution in [0.5, 0.6) is 5.75 Å². The van der Waals surface area contributed by atoms with Crippen molar-refractivity contribution in [2.45, 2.75) is 19.8 Å². The lowest BCUT2D eigenvalue weighted by Crippen LogP contribution is -2.13. The molecule has 1 saturated carbocycles. The fraction of sp³-hybridized carbons (Fsp3) is 0.500. The molecule has 0 aliphatic heterocycles. The number of hydrogen-bond donors (Lipinski definition) is 1. The molecule has 1 aliphatic carbocycles. The van der Waals surface area contributed by atoms with Gasteiger partial charge in [0.25, 0.3) is 0 Å². The predicted octanol–water partition coefficient (Wildman–Crippen LogP) is 2.95. The van der Waals surface area contributed by atoms with E-state index in [1.165, 1.54) is 13.2 Å². The molecular weight excluding hydrogens is 239 g/mol. The molecule has 0 spiro atoms. The van der Waals surface area contributed by atoms with Crippen molar-refractivity contribution in [1.29, 1.82) is 0 Å². The molecule has 0 radical (unpaired) electrons. The number of hydrogen-bond acceptors (Lipinski definition) is 4. The zero-order valence-corrected chi connectivity index (χ0v) is 10.3. The number of rotatable bonds is 5. The van der Waals surface area contributed by atoms with E-state index in [9.17, 15) is 14.5 Å². The third-order valence-corrected chi connectivity index (χ3v) is 3.27. The van der Waals surface area contributed by atoms with Crippen LogP contribution in [0.25, 0.3) is 0 Å². The molecule has 0 amide bonds. The highest BCUT2D eigenvalue weighted by molar-refractivity contribution is 5.59. The van der Waals surface area contributed by atoms with Crippen molar-refractivity contribution in [3.8, 4) is 5.75 Å². The summed E-state index contributed by atoms with van der Waals surface area (Å²) < 4.78 is 18.6. The van der Waals surface area contributed by atoms with Crippen molar-refractivity contribution in [2.24, 2.45) is 5.41 Å². The number of nitro benzene ring substituents is 1. The van der Waals surface area contributed by atoms with Crippen LogP contribution in [0.1, 0.15) is 19.8 Å². The Bertz CT molecular complexity index is 486. The number of nitro groups is 1. The van der Waals surface area contributed by atoms with Gasteiger partial charge in [-0.25, -0.2) is 4.39 Å². The Kier molecular flexibility index (Phi) is 3.11. The lowest BCUT2D eigenvalue weighted by atomic mass is 10.1. The minimum absolute atomic E-state index is 0.0600. The minimum Gasteiger partial charge on any atom is -0.490 e. The van der Waals surface area contributed by atoms with Crippen LogP contribution >= 0.6 is 0 Å². The average Bonchev–Trinajstić information content (AvgIpc) is 3.05. The molecule has 0 atom stereocenters. The second-order valence-electron chi connectivity index (χ2n) is 4.93. The van der Waals surface area contributed by atoms with E-state index in [1.807, 2.05) is 0 Å². The summed E-state index contributed by atoms with van der Waals surface area (Å²) in [6.07, 6.45) is 2.23. The molecule has 5 nitrogen and oxygen atoms in total. The highest BCUT2D eigenvalue weighted by atomic mass is 19.1. The normalized spacial score (nSPS) is 16.2. The maximum atomic E-state index is 13.7. The van der Waals surface area contributed by atoms with Crippen molar-refractivity contribution in [3.05, 3.63) is 28.1 Å². The first kappa shape index (κ1) is 12.6. The number of ether oxygens (including phenoxy) is 1. The van der Waals surface area contributed by atoms with Crippen LogP contribution in [0.2, 0.25) is 0 Å². The van der Waals surface area contributed by atoms with Crippen molar-refractivity contribution < 1.29 is 14.1 Å². The van der Waals surface area contributed by atoms with Gasteiger partial charge >= 0.3 is 5.69 Å². The summed E-state index contributed by atoms with van der Waals surface area (Å²) in [4.78, 5) is 10.1. The van der Waals surface area contributed by atoms with Gasteiger partial charge in [-0.3, -0.25) is 10.1 Å². The molecule has 1 aromatic carbocycles. The molecule has 1 N–H and O–H groups in total. The van der Waals surface area contributed by atoms with Crippen LogP contribution in [0.15, 0.2) is 12.1 Å². The maximum absolute atomic E-state index is 13.7. The molecule has 0 saturated heterocycles. The molecule has 1 fully saturated rings. The summed E-state index contributed by atoms with van der Waals surface area (Å²) >= 11 is 0. The van der Waals surface area contributed by atoms with E-state index >= 15 is 0 Å². The van der Waals surface area contributed by atoms with E-state index in [0.29, 0.717) is 6.54 Å². The van der Waals surface area contributed by atoms with E-state index in [0.717, 1.165) is 18.9 Å². The number of halogens is 1. The zero-order valence-electron chi connectivity index (χ0n) is 10.3. The Hall–Kier alpha value is -1.85. The average molecular weight is 254 g/mol. The maximum Gasteiger partial charge on any atom is 0.313 e. The Morgan fingerprint density at radius 1 is 1.56 bits per heavy atom. The topological polar surface area (TPSA) is 64.4 Å². The van der Waals surface area contributed by atoms with Crippen LogP contribution in [0.3, 0.4) is 0 Å². The monoisotopic (exact) mass is 254 g/mol. The van der Waals surface area contributed by atoms with Gasteiger partial charge < -0.3 is 10.1 Å². The zero-order chi connectivity index (χ0) is 13.3. The van der Waals surface area contributed by atoms with Crippen LogP contribution in [0.4, 0.5) is 15.8 Å². The summed E-state index contributed by atoms with van der Waals surface area (Å²) in [6.45, 7) is 2.77. The van der Waals surface area contributed by atoms with E-state index < -0.39 is 10.7 Å². The van der Waals surface area contributed by atoms with Gasteiger partial charge in [0.2, 0.25) is 0 Å². The molecule has 0 aromatic heterocycles. The second kappa shape index (κ2) is 4.44. The molecular formula is C12H15FN2O3. The van der Waals surface area contributed by atoms with Crippen LogP contribution in [-0.2, 0) is 0 Å². The number of nitrogens with one attached hydrogen (secondary N) is 1. The lowest BCUT2D eigenvalue weighted by Gasteiger charge is -2.13. The van der Waals surface area contributed by atoms with E-state index in [-0.39, 0.29) is 22.5 Å². The SMILES string of the molecule is COc1cc(NCC2(C)CC2)c(F)cc1[N+](=O)[O-]. The van der Waals surface area contributed by atoms with Crippen molar-refractivity contribution in [3.63, 3.8) is 0 Å². The summed E-state index contributed by atoms with van der Waals surface area (Å²) in [7, 11) is 1.33. The quantitative estimate of drug-likeness (QED) is 0.648. The van der Waals surface area contributed by atoms with Crippen LogP contribution in [0, 0.1) is 21.3 Å². The van der Waals surface area contributed by atoms with Gasteiger partial charge in [0.05, 0.1) is 23.8 Å². The summed E-state index contributed by atoms with van der Waals surface area (Å²) in [6, 6.07) is 2.22. The van der Waals surface area contributed by atoms with Gasteiger partial charge in [0.1, 0.15) is 0 Å². The van der Waals surface area contributed by atoms with E-state index in [4.69, 9.17) is 4.74 Å². The standard InChI is InChI=1S/C12H15FN2O3/c1-12(3-4-12)7-14-9-6-11(18-2)10(15(16)17)5-8(9)13/h5-6,14H,3-4,7H2,1-2H3. The minimum atomic E-state index is -0.659. The Morgan fingerprint density at radius 3 is 2.72 bits per heavy atom. The van der Waals surface area contributed by atoms with Gasteiger partial charge in [0, 0.05) is 12.6 Å². The molecule has 98 valence electrons. The van der Waals surface area contributed by atoms with Gasteiger partial charge in [-0.2, -0.15) is 0 Å². The summed E-state index contributed by atoms with van der Waals surface area (Å²) in [5.74, 6) is -0.573. The summed E-state index contributed by atoms with van der Waals surface area (Å²) in [5.41, 5.74) is 0.102. The molecule has 0 unspecified atom stereocenters. The molecule has 1 aromatic rings. The van der Waals surface area contributed by atoms with Gasteiger partial charge in [-0.15, -0.1) is 0 Å². The molecule has 6 heteroatoms. The van der Waals surface area contributed by atoms with Crippen LogP contribution in [-0.4, -0.2) is 18.6 Å². The first-order valence-corrected chi connectivity index (χ1v) is 5.71. The Balaban J connectivity index is 2.22. The van der Waals surface area contributed by atoms with Crippen molar-refractivity contribution in [2.75, 3.05) is 19.0 Å². The highest BCUT2D eigenvalue weighted by Gasteiger charge is 2.37. The smallest absolute Gasteiger partial charge is 0.313 e. The Labute approximate surface area is 104 Å². The van der Waals surface area contributed by atoms with Gasteiger partial charge in [-0.05, 0) is 18.3 Å². The van der Waals surface area contributed by atoms with E-state index in [1.54, 1.807) is 0 Å². The molecule has 2 rings (SSSR count). The highest BCUT2D eigenvalue weighted by Crippen LogP contribution is 2.45. The number of methoxy groups -OCH3 is 1. The lowest BCUT2D eigenvalue weighted by molar-refractivity contribution is -0.385. The second-order valence-corrected chi connectivity index (χ2v) is 4.93. The third kappa shape index (κ3) is 2.52. The van der Waals surface area contributed by atoms with Gasteiger partial charge in [0.15, 0.2) is 11.6 Å². The van der Waals surface area contributed by atoms with Gasteiger partial charge in [-0.1, -0.05) is 6.92 Å². The largest absolute Gasteiger partial charge is 0.490 e. The fourth-order valence-electron chi connectivity index (χ4n) is 1.68. The molecule has 18 heavy (non-hydrogen) atoms. The summed E-state index contributed by atoms with van der Waals surface area (Å²) in [5, 5.41) is 13.7. The van der Waals surface area contributed by atoms with Crippen LogP contribution < -0.4 is 10.1 Å². The number of benzene rings is 1. The number of anilines is 1. The molecule has 0 heterocycles. The number of nitrogens with zero attached hydrogens (tertiary/aromatic N) is 1. The first-order valence-electron chi connectivity index (χ1n) is 5.71.